The van der Waals surface area contributed by atoms with Gasteiger partial charge in [-0.1, -0.05) is 33.3 Å². The zero-order valence-corrected chi connectivity index (χ0v) is 6.02. The summed E-state index contributed by atoms with van der Waals surface area (Å²) in [7, 11) is 0. The number of unbranched alkanes of at least 4 members (excludes halogenated alkanes) is 1. The van der Waals surface area contributed by atoms with Crippen LogP contribution in [0, 0.1) is 0 Å². The van der Waals surface area contributed by atoms with Gasteiger partial charge in [0.1, 0.15) is 0 Å². The Morgan fingerprint density at radius 3 is 1.78 bits per heavy atom. The van der Waals surface area contributed by atoms with Crippen molar-refractivity contribution in [3.8, 4) is 0 Å². The molecule has 54 valence electrons. The molecule has 0 rings (SSSR count). The van der Waals surface area contributed by atoms with Crippen molar-refractivity contribution in [1.82, 2.24) is 0 Å². The van der Waals surface area contributed by atoms with Crippen molar-refractivity contribution in [2.24, 2.45) is 0 Å². The van der Waals surface area contributed by atoms with E-state index in [-0.39, 0.29) is 0 Å². The lowest BCUT2D eigenvalue weighted by atomic mass is 10.4. The number of hydrogen-bond acceptors (Lipinski definition) is 2. The summed E-state index contributed by atoms with van der Waals surface area (Å²) >= 11 is 0. The molecule has 0 aliphatic carbocycles. The second kappa shape index (κ2) is 10.2. The van der Waals surface area contributed by atoms with Gasteiger partial charge in [0.05, 0.1) is 5.97 Å². The number of hydrogen-bond donors (Lipinski definition) is 0. The van der Waals surface area contributed by atoms with Gasteiger partial charge in [-0.2, -0.15) is 0 Å². The van der Waals surface area contributed by atoms with Crippen LogP contribution < -0.4 is 5.11 Å². The van der Waals surface area contributed by atoms with E-state index in [0.717, 1.165) is 6.08 Å². The first kappa shape index (κ1) is 11.1. The fraction of sp³-hybridized carbons (Fsp3) is 0.571. The number of carboxylic acids is 1. The van der Waals surface area contributed by atoms with Crippen molar-refractivity contribution in [3.05, 3.63) is 12.7 Å². The largest absolute Gasteiger partial charge is 0.545 e. The van der Waals surface area contributed by atoms with E-state index in [9.17, 15) is 0 Å². The summed E-state index contributed by atoms with van der Waals surface area (Å²) < 4.78 is 0. The van der Waals surface area contributed by atoms with Crippen LogP contribution in [0.15, 0.2) is 12.7 Å². The minimum absolute atomic E-state index is 0.722. The third kappa shape index (κ3) is 40.1. The maximum atomic E-state index is 9.14. The summed E-state index contributed by atoms with van der Waals surface area (Å²) in [4.78, 5) is 9.14. The zero-order valence-electron chi connectivity index (χ0n) is 6.02. The molecule has 0 N–H and O–H groups in total. The molecule has 0 unspecified atom stereocenters. The lowest BCUT2D eigenvalue weighted by Gasteiger charge is -1.81. The number of carbonyl (C=O) groups is 1. The highest BCUT2D eigenvalue weighted by atomic mass is 16.4. The number of rotatable bonds is 2. The molecule has 9 heavy (non-hydrogen) atoms. The fourth-order valence-corrected chi connectivity index (χ4v) is 0. The van der Waals surface area contributed by atoms with Crippen molar-refractivity contribution in [2.45, 2.75) is 26.7 Å². The van der Waals surface area contributed by atoms with Gasteiger partial charge in [-0.25, -0.2) is 0 Å². The summed E-state index contributed by atoms with van der Waals surface area (Å²) in [6.45, 7) is 7.26. The first-order valence-electron chi connectivity index (χ1n) is 3.02. The van der Waals surface area contributed by atoms with Crippen molar-refractivity contribution in [1.29, 1.82) is 0 Å². The molecule has 2 heteroatoms. The van der Waals surface area contributed by atoms with E-state index in [0.29, 0.717) is 0 Å². The van der Waals surface area contributed by atoms with Crippen LogP contribution in [0.3, 0.4) is 0 Å². The molecule has 2 nitrogen and oxygen atoms in total. The Balaban J connectivity index is 0. The minimum Gasteiger partial charge on any atom is -0.545 e. The van der Waals surface area contributed by atoms with Crippen LogP contribution in [0.1, 0.15) is 26.7 Å². The maximum Gasteiger partial charge on any atom is 0.0636 e. The molecule has 0 spiro atoms. The molecular weight excluding hydrogens is 116 g/mol. The van der Waals surface area contributed by atoms with Crippen LogP contribution in [0.5, 0.6) is 0 Å². The standard InChI is InChI=1S/C4H10.C3H4O2/c1-3-4-2;1-2-3(4)5/h3-4H2,1-2H3;2H,1H2,(H,4,5)/p-1. The van der Waals surface area contributed by atoms with E-state index in [2.05, 4.69) is 20.4 Å². The zero-order chi connectivity index (χ0) is 7.70. The molecule has 0 aromatic carbocycles. The average Bonchev–Trinajstić information content (AvgIpc) is 1.89. The van der Waals surface area contributed by atoms with Gasteiger partial charge >= 0.3 is 0 Å². The highest BCUT2D eigenvalue weighted by Crippen LogP contribution is 1.76. The molecule has 0 aromatic rings. The van der Waals surface area contributed by atoms with Crippen LogP contribution in [0.2, 0.25) is 0 Å². The average molecular weight is 129 g/mol. The molecule has 0 bridgehead atoms. The van der Waals surface area contributed by atoms with E-state index < -0.39 is 5.97 Å². The maximum absolute atomic E-state index is 9.14. The topological polar surface area (TPSA) is 40.1 Å². The molecule has 0 aromatic heterocycles. The Morgan fingerprint density at radius 1 is 1.56 bits per heavy atom. The SMILES string of the molecule is C=CC(=O)[O-].CCCC. The van der Waals surface area contributed by atoms with Gasteiger partial charge < -0.3 is 9.90 Å². The lowest BCUT2D eigenvalue weighted by molar-refractivity contribution is -0.297. The second-order valence-corrected chi connectivity index (χ2v) is 1.52. The van der Waals surface area contributed by atoms with Gasteiger partial charge in [0.2, 0.25) is 0 Å². The van der Waals surface area contributed by atoms with E-state index >= 15 is 0 Å². The molecule has 0 heterocycles. The molecule has 0 aliphatic rings. The molecule has 0 atom stereocenters. The summed E-state index contributed by atoms with van der Waals surface area (Å²) in [5, 5.41) is 9.14. The van der Waals surface area contributed by atoms with E-state index in [1.54, 1.807) is 0 Å². The Hall–Kier alpha value is -0.790. The number of aliphatic carboxylic acids is 1. The van der Waals surface area contributed by atoms with Crippen molar-refractivity contribution < 1.29 is 9.90 Å². The van der Waals surface area contributed by atoms with E-state index in [1.807, 2.05) is 0 Å². The monoisotopic (exact) mass is 129 g/mol. The summed E-state index contributed by atoms with van der Waals surface area (Å²) in [5.41, 5.74) is 0. The van der Waals surface area contributed by atoms with Crippen molar-refractivity contribution in [2.75, 3.05) is 0 Å². The Bertz CT molecular complexity index is 75.0. The van der Waals surface area contributed by atoms with Crippen LogP contribution >= 0.6 is 0 Å². The predicted molar refractivity (Wildman–Crippen MR) is 35.8 cm³/mol. The van der Waals surface area contributed by atoms with Crippen LogP contribution in [0.25, 0.3) is 0 Å². The van der Waals surface area contributed by atoms with Gasteiger partial charge in [0.15, 0.2) is 0 Å². The van der Waals surface area contributed by atoms with Crippen molar-refractivity contribution in [3.63, 3.8) is 0 Å². The van der Waals surface area contributed by atoms with Gasteiger partial charge in [0, 0.05) is 0 Å². The summed E-state index contributed by atoms with van der Waals surface area (Å²) in [6.07, 6.45) is 3.36. The van der Waals surface area contributed by atoms with Crippen LogP contribution in [-0.4, -0.2) is 5.97 Å². The van der Waals surface area contributed by atoms with Crippen LogP contribution in [-0.2, 0) is 4.79 Å². The number of carboxylic acid groups (broad SMARTS) is 1. The van der Waals surface area contributed by atoms with E-state index in [4.69, 9.17) is 9.90 Å². The second-order valence-electron chi connectivity index (χ2n) is 1.52. The Morgan fingerprint density at radius 2 is 1.78 bits per heavy atom. The molecule has 0 radical (unpaired) electrons. The molecule has 0 saturated heterocycles. The molecule has 0 amide bonds. The lowest BCUT2D eigenvalue weighted by Crippen LogP contribution is -2.17. The smallest absolute Gasteiger partial charge is 0.0636 e. The third-order valence-electron chi connectivity index (χ3n) is 0.667. The summed E-state index contributed by atoms with van der Waals surface area (Å²) in [5.74, 6) is -1.23. The van der Waals surface area contributed by atoms with Gasteiger partial charge in [-0.3, -0.25) is 0 Å². The fourth-order valence-electron chi connectivity index (χ4n) is 0. The van der Waals surface area contributed by atoms with Crippen molar-refractivity contribution >= 4 is 5.97 Å². The van der Waals surface area contributed by atoms with Crippen LogP contribution in [0.4, 0.5) is 0 Å². The Labute approximate surface area is 56.2 Å². The van der Waals surface area contributed by atoms with Gasteiger partial charge in [0.25, 0.3) is 0 Å². The minimum atomic E-state index is -1.23. The highest BCUT2D eigenvalue weighted by molar-refractivity contribution is 5.76. The Kier molecular flexibility index (Phi) is 12.6. The predicted octanol–water partition coefficient (Wildman–Crippen LogP) is 0.729. The molecular formula is C7H13O2-. The molecule has 0 saturated carbocycles. The van der Waals surface area contributed by atoms with E-state index in [1.165, 1.54) is 12.8 Å². The first-order valence-corrected chi connectivity index (χ1v) is 3.02. The first-order chi connectivity index (χ1) is 4.18. The molecule has 0 aliphatic heterocycles. The quantitative estimate of drug-likeness (QED) is 0.515. The number of carbonyl (C=O) groups excluding carboxylic acids is 1. The summed E-state index contributed by atoms with van der Waals surface area (Å²) in [6, 6.07) is 0. The normalized spacial score (nSPS) is 6.89. The highest BCUT2D eigenvalue weighted by Gasteiger charge is 1.56. The van der Waals surface area contributed by atoms with Gasteiger partial charge in [-0.15, -0.1) is 0 Å². The van der Waals surface area contributed by atoms with Gasteiger partial charge in [-0.05, 0) is 6.08 Å². The molecule has 0 fully saturated rings. The third-order valence-corrected chi connectivity index (χ3v) is 0.667.